The second-order valence-electron chi connectivity index (χ2n) is 6.88. The molecule has 26 heavy (non-hydrogen) atoms. The van der Waals surface area contributed by atoms with Gasteiger partial charge in [-0.05, 0) is 43.7 Å². The lowest BCUT2D eigenvalue weighted by atomic mass is 10.00. The Kier molecular flexibility index (Phi) is 5.58. The lowest BCUT2D eigenvalue weighted by molar-refractivity contribution is 0.101. The quantitative estimate of drug-likeness (QED) is 0.716. The molecule has 140 valence electrons. The van der Waals surface area contributed by atoms with Crippen LogP contribution in [0.4, 0.5) is 0 Å². The van der Waals surface area contributed by atoms with Gasteiger partial charge in [-0.3, -0.25) is 0 Å². The molecule has 0 radical (unpaired) electrons. The Morgan fingerprint density at radius 1 is 1.12 bits per heavy atom. The summed E-state index contributed by atoms with van der Waals surface area (Å²) < 4.78 is 33.4. The molecule has 3 rings (SSSR count). The van der Waals surface area contributed by atoms with Crippen LogP contribution in [0.15, 0.2) is 57.9 Å². The summed E-state index contributed by atoms with van der Waals surface area (Å²) in [5, 5.41) is -0.574. The number of halogens is 1. The van der Waals surface area contributed by atoms with Gasteiger partial charge in [-0.25, -0.2) is 8.42 Å². The molecule has 1 saturated carbocycles. The molecular formula is C20H24BrNO3S. The van der Waals surface area contributed by atoms with Gasteiger partial charge in [-0.2, -0.15) is 0 Å². The van der Waals surface area contributed by atoms with E-state index in [1.807, 2.05) is 50.2 Å². The van der Waals surface area contributed by atoms with E-state index in [4.69, 9.17) is 10.5 Å². The zero-order valence-electron chi connectivity index (χ0n) is 15.0. The predicted molar refractivity (Wildman–Crippen MR) is 107 cm³/mol. The molecule has 0 aliphatic heterocycles. The molecule has 3 atom stereocenters. The lowest BCUT2D eigenvalue weighted by Gasteiger charge is -2.16. The molecule has 0 heterocycles. The Morgan fingerprint density at radius 3 is 2.27 bits per heavy atom. The zero-order valence-corrected chi connectivity index (χ0v) is 17.4. The van der Waals surface area contributed by atoms with Crippen molar-refractivity contribution in [3.8, 4) is 0 Å². The van der Waals surface area contributed by atoms with Gasteiger partial charge < -0.3 is 10.5 Å². The maximum atomic E-state index is 13.4. The van der Waals surface area contributed by atoms with Crippen LogP contribution in [0.3, 0.4) is 0 Å². The highest BCUT2D eigenvalue weighted by atomic mass is 79.9. The van der Waals surface area contributed by atoms with Crippen molar-refractivity contribution >= 4 is 25.8 Å². The van der Waals surface area contributed by atoms with E-state index in [1.165, 1.54) is 0 Å². The number of ether oxygens (including phenoxy) is 1. The smallest absolute Gasteiger partial charge is 0.182 e. The summed E-state index contributed by atoms with van der Waals surface area (Å²) in [5.74, 6) is -0.168. The van der Waals surface area contributed by atoms with Gasteiger partial charge in [0.1, 0.15) is 0 Å². The fourth-order valence-electron chi connectivity index (χ4n) is 3.76. The first-order valence-electron chi connectivity index (χ1n) is 8.70. The Hall–Kier alpha value is -1.21. The van der Waals surface area contributed by atoms with Crippen molar-refractivity contribution in [1.29, 1.82) is 0 Å². The first kappa shape index (κ1) is 19.5. The van der Waals surface area contributed by atoms with Gasteiger partial charge in [0.05, 0.1) is 16.8 Å². The Bertz CT molecular complexity index is 865. The van der Waals surface area contributed by atoms with Crippen LogP contribution in [0, 0.1) is 12.3 Å². The van der Waals surface area contributed by atoms with Gasteiger partial charge in [0.2, 0.25) is 0 Å². The number of hydrogen-bond donors (Lipinski definition) is 1. The molecule has 0 spiro atoms. The second kappa shape index (κ2) is 7.43. The van der Waals surface area contributed by atoms with Crippen LogP contribution in [0.5, 0.6) is 0 Å². The van der Waals surface area contributed by atoms with E-state index in [-0.39, 0.29) is 12.5 Å². The van der Waals surface area contributed by atoms with E-state index in [0.29, 0.717) is 18.1 Å². The highest BCUT2D eigenvalue weighted by Gasteiger charge is 2.70. The second-order valence-corrected chi connectivity index (χ2v) is 9.87. The highest BCUT2D eigenvalue weighted by Crippen LogP contribution is 2.63. The van der Waals surface area contributed by atoms with Crippen LogP contribution < -0.4 is 5.73 Å². The maximum absolute atomic E-state index is 13.4. The molecule has 1 aliphatic rings. The normalized spacial score (nSPS) is 25.2. The minimum absolute atomic E-state index is 0.168. The van der Waals surface area contributed by atoms with E-state index in [0.717, 1.165) is 15.6 Å². The van der Waals surface area contributed by atoms with Crippen molar-refractivity contribution in [1.82, 2.24) is 0 Å². The van der Waals surface area contributed by atoms with Gasteiger partial charge >= 0.3 is 0 Å². The Morgan fingerprint density at radius 2 is 1.73 bits per heavy atom. The van der Waals surface area contributed by atoms with Crippen LogP contribution in [0.25, 0.3) is 0 Å². The molecule has 0 aromatic heterocycles. The number of sulfone groups is 1. The van der Waals surface area contributed by atoms with E-state index in [2.05, 4.69) is 15.9 Å². The van der Waals surface area contributed by atoms with Crippen LogP contribution in [-0.2, 0) is 14.6 Å². The molecule has 2 N–H and O–H groups in total. The summed E-state index contributed by atoms with van der Waals surface area (Å²) in [4.78, 5) is 0.349. The maximum Gasteiger partial charge on any atom is 0.182 e. The average Bonchev–Trinajstić information content (AvgIpc) is 3.31. The summed E-state index contributed by atoms with van der Waals surface area (Å²) in [5.41, 5.74) is 7.53. The molecule has 6 heteroatoms. The fourth-order valence-corrected chi connectivity index (χ4v) is 6.47. The number of hydrogen-bond acceptors (Lipinski definition) is 4. The average molecular weight is 438 g/mol. The van der Waals surface area contributed by atoms with Crippen LogP contribution in [0.2, 0.25) is 0 Å². The number of rotatable bonds is 7. The third-order valence-electron chi connectivity index (χ3n) is 5.25. The van der Waals surface area contributed by atoms with Gasteiger partial charge in [0, 0.05) is 29.0 Å². The molecule has 4 nitrogen and oxygen atoms in total. The standard InChI is InChI=1S/C20H24BrNO3S/c1-3-25-13-20(12-22)18(15-6-8-16(21)9-7-15)19(20)26(23,24)17-10-4-14(2)5-11-17/h4-11,18-19H,3,12-13,22H2,1-2H3/t18-,19+,20+/m1/s1. The van der Waals surface area contributed by atoms with E-state index in [9.17, 15) is 8.42 Å². The third kappa shape index (κ3) is 3.36. The van der Waals surface area contributed by atoms with E-state index < -0.39 is 20.5 Å². The molecule has 2 aromatic rings. The molecule has 0 bridgehead atoms. The van der Waals surface area contributed by atoms with Crippen LogP contribution >= 0.6 is 15.9 Å². The summed E-state index contributed by atoms with van der Waals surface area (Å²) in [6.07, 6.45) is 0. The third-order valence-corrected chi connectivity index (χ3v) is 8.12. The summed E-state index contributed by atoms with van der Waals surface area (Å²) >= 11 is 3.43. The first-order chi connectivity index (χ1) is 12.4. The van der Waals surface area contributed by atoms with E-state index in [1.54, 1.807) is 12.1 Å². The summed E-state index contributed by atoms with van der Waals surface area (Å²) in [6.45, 7) is 4.99. The van der Waals surface area contributed by atoms with Crippen molar-refractivity contribution in [3.05, 3.63) is 64.1 Å². The molecule has 0 amide bonds. The lowest BCUT2D eigenvalue weighted by Crippen LogP contribution is -2.29. The Labute approximate surface area is 163 Å². The van der Waals surface area contributed by atoms with Crippen molar-refractivity contribution in [3.63, 3.8) is 0 Å². The minimum Gasteiger partial charge on any atom is -0.381 e. The van der Waals surface area contributed by atoms with Gasteiger partial charge in [-0.1, -0.05) is 45.8 Å². The van der Waals surface area contributed by atoms with Gasteiger partial charge in [0.25, 0.3) is 0 Å². The Balaban J connectivity index is 2.03. The van der Waals surface area contributed by atoms with Crippen molar-refractivity contribution in [2.45, 2.75) is 29.9 Å². The van der Waals surface area contributed by atoms with Crippen molar-refractivity contribution in [2.75, 3.05) is 19.8 Å². The molecule has 1 aliphatic carbocycles. The molecule has 2 aromatic carbocycles. The van der Waals surface area contributed by atoms with Crippen molar-refractivity contribution in [2.24, 2.45) is 11.1 Å². The SMILES string of the molecule is CCOC[C@@]1(CN)[C@H](c2ccc(Br)cc2)[C@@H]1S(=O)(=O)c1ccc(C)cc1. The van der Waals surface area contributed by atoms with Crippen LogP contribution in [0.1, 0.15) is 24.0 Å². The van der Waals surface area contributed by atoms with Crippen molar-refractivity contribution < 1.29 is 13.2 Å². The number of aryl methyl sites for hydroxylation is 1. The van der Waals surface area contributed by atoms with Crippen LogP contribution in [-0.4, -0.2) is 33.4 Å². The van der Waals surface area contributed by atoms with Gasteiger partial charge in [-0.15, -0.1) is 0 Å². The molecular weight excluding hydrogens is 414 g/mol. The first-order valence-corrected chi connectivity index (χ1v) is 11.0. The zero-order chi connectivity index (χ0) is 18.9. The molecule has 0 unspecified atom stereocenters. The number of benzene rings is 2. The number of nitrogens with two attached hydrogens (primary N) is 1. The minimum atomic E-state index is -3.51. The summed E-state index contributed by atoms with van der Waals surface area (Å²) in [7, 11) is -3.51. The molecule has 1 fully saturated rings. The fraction of sp³-hybridized carbons (Fsp3) is 0.400. The molecule has 0 saturated heterocycles. The topological polar surface area (TPSA) is 69.4 Å². The van der Waals surface area contributed by atoms with Gasteiger partial charge in [0.15, 0.2) is 9.84 Å². The largest absolute Gasteiger partial charge is 0.381 e. The predicted octanol–water partition coefficient (Wildman–Crippen LogP) is 3.68. The monoisotopic (exact) mass is 437 g/mol. The summed E-state index contributed by atoms with van der Waals surface area (Å²) in [6, 6.07) is 14.8. The van der Waals surface area contributed by atoms with E-state index >= 15 is 0 Å². The highest BCUT2D eigenvalue weighted by molar-refractivity contribution is 9.10.